The molecule has 0 spiro atoms. The van der Waals surface area contributed by atoms with Gasteiger partial charge < -0.3 is 9.80 Å². The lowest BCUT2D eigenvalue weighted by molar-refractivity contribution is 1.22. The molecular formula is C84H53BN4. The molecule has 0 saturated heterocycles. The van der Waals surface area contributed by atoms with E-state index in [0.717, 1.165) is 106 Å². The first kappa shape index (κ1) is 50.6. The topological polar surface area (TPSA) is 32.3 Å². The highest BCUT2D eigenvalue weighted by Gasteiger charge is 2.45. The number of nitrogens with zero attached hydrogens (tertiary/aromatic N) is 4. The van der Waals surface area contributed by atoms with Crippen molar-refractivity contribution in [2.45, 2.75) is 0 Å². The van der Waals surface area contributed by atoms with Crippen LogP contribution in [0.5, 0.6) is 0 Å². The van der Waals surface area contributed by atoms with Gasteiger partial charge in [-0.15, -0.1) is 0 Å². The molecule has 2 aliphatic heterocycles. The molecule has 0 fully saturated rings. The van der Waals surface area contributed by atoms with Crippen molar-refractivity contribution in [3.63, 3.8) is 0 Å². The molecule has 2 aliphatic rings. The average molecular weight is 1130 g/mol. The molecule has 0 radical (unpaired) electrons. The standard InChI is InChI=1S/C84H53BN4/c1-6-22-54(23-7-1)61-46-62(55-24-8-2-9-25-55)49-66(48-61)88-78-52-65(81-74-36-20-21-37-77(74)86-84(87-81)60-32-14-5-15-33-60)53-79-80(78)85(75-44-42-70-68-34-18-16-30-58(68)38-40-72(70)82(75)88)76-45-43-71-69-35-19-17-31-59(69)39-41-73(71)83(76)89(79)67-50-63(56-26-10-3-11-27-56)47-64(51-67)57-28-12-4-13-29-57/h1-53H. The van der Waals surface area contributed by atoms with Gasteiger partial charge in [0.1, 0.15) is 0 Å². The number of para-hydroxylation sites is 1. The fourth-order valence-corrected chi connectivity index (χ4v) is 14.5. The maximum absolute atomic E-state index is 5.72. The van der Waals surface area contributed by atoms with Crippen molar-refractivity contribution in [3.8, 4) is 67.2 Å². The Morgan fingerprint density at radius 1 is 0.247 bits per heavy atom. The van der Waals surface area contributed by atoms with Crippen LogP contribution in [0.25, 0.3) is 121 Å². The fraction of sp³-hybridized carbons (Fsp3) is 0. The van der Waals surface area contributed by atoms with Crippen LogP contribution in [0, 0.1) is 0 Å². The van der Waals surface area contributed by atoms with E-state index in [1.165, 1.54) is 59.5 Å². The second-order valence-corrected chi connectivity index (χ2v) is 23.6. The van der Waals surface area contributed by atoms with Crippen molar-refractivity contribution < 1.29 is 0 Å². The van der Waals surface area contributed by atoms with Gasteiger partial charge in [-0.3, -0.25) is 0 Å². The molecule has 15 aromatic carbocycles. The Hall–Kier alpha value is -11.7. The second-order valence-electron chi connectivity index (χ2n) is 23.6. The van der Waals surface area contributed by atoms with Gasteiger partial charge >= 0.3 is 0 Å². The number of fused-ring (bicyclic) bond motifs is 13. The van der Waals surface area contributed by atoms with Crippen LogP contribution in [0.4, 0.5) is 34.1 Å². The molecule has 0 bridgehead atoms. The molecule has 3 heterocycles. The Morgan fingerprint density at radius 3 is 1.06 bits per heavy atom. The maximum Gasteiger partial charge on any atom is 0.252 e. The summed E-state index contributed by atoms with van der Waals surface area (Å²) in [4.78, 5) is 16.3. The molecule has 4 nitrogen and oxygen atoms in total. The van der Waals surface area contributed by atoms with E-state index in [1.54, 1.807) is 0 Å². The molecule has 5 heteroatoms. The van der Waals surface area contributed by atoms with Gasteiger partial charge in [0.15, 0.2) is 5.82 Å². The largest absolute Gasteiger partial charge is 0.311 e. The second kappa shape index (κ2) is 20.5. The SMILES string of the molecule is c1ccc(-c2cc(-c3ccccc3)cc(N3c4cc(-c5nc(-c6ccccc6)nc6ccccc56)cc5c4B(c4ccc6c(ccc7ccccc76)c43)c3ccc4c(ccc6ccccc64)c3N5c3cc(-c4ccccc4)cc(-c4ccccc4)c3)c2)cc1. The molecule has 1 aromatic heterocycles. The summed E-state index contributed by atoms with van der Waals surface area (Å²) in [5, 5.41) is 10.6. The van der Waals surface area contributed by atoms with Gasteiger partial charge in [-0.1, -0.05) is 267 Å². The van der Waals surface area contributed by atoms with E-state index >= 15 is 0 Å². The van der Waals surface area contributed by atoms with E-state index in [9.17, 15) is 0 Å². The zero-order valence-corrected chi connectivity index (χ0v) is 48.5. The normalized spacial score (nSPS) is 12.4. The number of anilines is 6. The quantitative estimate of drug-likeness (QED) is 0.112. The van der Waals surface area contributed by atoms with E-state index < -0.39 is 0 Å². The molecule has 0 N–H and O–H groups in total. The molecule has 89 heavy (non-hydrogen) atoms. The van der Waals surface area contributed by atoms with E-state index in [0.29, 0.717) is 5.82 Å². The van der Waals surface area contributed by atoms with Crippen LogP contribution in [-0.2, 0) is 0 Å². The first-order valence-electron chi connectivity index (χ1n) is 30.6. The summed E-state index contributed by atoms with van der Waals surface area (Å²) in [6.45, 7) is -0.211. The highest BCUT2D eigenvalue weighted by Crippen LogP contribution is 2.52. The number of hydrogen-bond donors (Lipinski definition) is 0. The van der Waals surface area contributed by atoms with Crippen LogP contribution in [-0.4, -0.2) is 16.7 Å². The van der Waals surface area contributed by atoms with Gasteiger partial charge in [0.25, 0.3) is 6.71 Å². The van der Waals surface area contributed by atoms with Crippen molar-refractivity contribution in [2.24, 2.45) is 0 Å². The Kier molecular flexibility index (Phi) is 11.7. The molecule has 412 valence electrons. The zero-order valence-electron chi connectivity index (χ0n) is 48.5. The summed E-state index contributed by atoms with van der Waals surface area (Å²) in [6, 6.07) is 119. The van der Waals surface area contributed by atoms with Gasteiger partial charge in [0.2, 0.25) is 0 Å². The van der Waals surface area contributed by atoms with E-state index in [2.05, 4.69) is 331 Å². The lowest BCUT2D eigenvalue weighted by Crippen LogP contribution is -2.61. The molecular weight excluding hydrogens is 1080 g/mol. The first-order chi connectivity index (χ1) is 44.1. The van der Waals surface area contributed by atoms with Crippen LogP contribution in [0.3, 0.4) is 0 Å². The van der Waals surface area contributed by atoms with Gasteiger partial charge in [-0.2, -0.15) is 0 Å². The van der Waals surface area contributed by atoms with E-state index in [-0.39, 0.29) is 6.71 Å². The summed E-state index contributed by atoms with van der Waals surface area (Å²) < 4.78 is 0. The lowest BCUT2D eigenvalue weighted by atomic mass is 9.33. The Labute approximate surface area is 516 Å². The van der Waals surface area contributed by atoms with Crippen molar-refractivity contribution in [3.05, 3.63) is 322 Å². The number of aromatic nitrogens is 2. The van der Waals surface area contributed by atoms with E-state index in [1.807, 2.05) is 0 Å². The fourth-order valence-electron chi connectivity index (χ4n) is 14.5. The van der Waals surface area contributed by atoms with Crippen molar-refractivity contribution >= 4 is 111 Å². The highest BCUT2D eigenvalue weighted by molar-refractivity contribution is 7.01. The predicted molar refractivity (Wildman–Crippen MR) is 376 cm³/mol. The number of benzene rings is 15. The lowest BCUT2D eigenvalue weighted by Gasteiger charge is -2.45. The minimum atomic E-state index is -0.211. The summed E-state index contributed by atoms with van der Waals surface area (Å²) in [6.07, 6.45) is 0. The minimum Gasteiger partial charge on any atom is -0.311 e. The molecule has 18 rings (SSSR count). The monoisotopic (exact) mass is 1130 g/mol. The third-order valence-electron chi connectivity index (χ3n) is 18.5. The Morgan fingerprint density at radius 2 is 0.618 bits per heavy atom. The van der Waals surface area contributed by atoms with Crippen LogP contribution in [0.2, 0.25) is 0 Å². The third kappa shape index (κ3) is 8.31. The first-order valence-corrected chi connectivity index (χ1v) is 30.6. The molecule has 16 aromatic rings. The van der Waals surface area contributed by atoms with Crippen LogP contribution < -0.4 is 26.2 Å². The van der Waals surface area contributed by atoms with Gasteiger partial charge in [-0.05, 0) is 148 Å². The summed E-state index contributed by atoms with van der Waals surface area (Å²) >= 11 is 0. The molecule has 0 saturated carbocycles. The Balaban J connectivity index is 1.03. The molecule has 0 amide bonds. The van der Waals surface area contributed by atoms with Crippen LogP contribution >= 0.6 is 0 Å². The van der Waals surface area contributed by atoms with Crippen LogP contribution in [0.1, 0.15) is 0 Å². The van der Waals surface area contributed by atoms with Crippen molar-refractivity contribution in [2.75, 3.05) is 9.80 Å². The highest BCUT2D eigenvalue weighted by atomic mass is 15.2. The van der Waals surface area contributed by atoms with Gasteiger partial charge in [0, 0.05) is 61.4 Å². The average Bonchev–Trinajstić information content (AvgIpc) is 1.34. The molecule has 0 atom stereocenters. The summed E-state index contributed by atoms with van der Waals surface area (Å²) in [7, 11) is 0. The summed E-state index contributed by atoms with van der Waals surface area (Å²) in [5.41, 5.74) is 23.1. The van der Waals surface area contributed by atoms with E-state index in [4.69, 9.17) is 9.97 Å². The number of rotatable bonds is 8. The number of hydrogen-bond acceptors (Lipinski definition) is 4. The minimum absolute atomic E-state index is 0.211. The van der Waals surface area contributed by atoms with Gasteiger partial charge in [-0.25, -0.2) is 9.97 Å². The summed E-state index contributed by atoms with van der Waals surface area (Å²) in [5.74, 6) is 0.676. The smallest absolute Gasteiger partial charge is 0.252 e. The van der Waals surface area contributed by atoms with Gasteiger partial charge in [0.05, 0.1) is 11.2 Å². The van der Waals surface area contributed by atoms with Crippen LogP contribution in [0.15, 0.2) is 322 Å². The van der Waals surface area contributed by atoms with Crippen molar-refractivity contribution in [1.29, 1.82) is 0 Å². The molecule has 0 aliphatic carbocycles. The van der Waals surface area contributed by atoms with Crippen molar-refractivity contribution in [1.82, 2.24) is 9.97 Å². The third-order valence-corrected chi connectivity index (χ3v) is 18.5. The molecule has 0 unspecified atom stereocenters. The Bertz CT molecular complexity index is 5110. The maximum atomic E-state index is 5.72. The predicted octanol–water partition coefficient (Wildman–Crippen LogP) is 20.3. The zero-order chi connectivity index (χ0) is 58.5.